The molecule has 0 amide bonds. The molecule has 3 N–H and O–H groups in total. The summed E-state index contributed by atoms with van der Waals surface area (Å²) in [6.07, 6.45) is 6.49. The summed E-state index contributed by atoms with van der Waals surface area (Å²) in [6, 6.07) is 6.21. The number of anilines is 2. The van der Waals surface area contributed by atoms with Crippen molar-refractivity contribution in [2.24, 2.45) is 4.99 Å². The third-order valence-electron chi connectivity index (χ3n) is 7.19. The fourth-order valence-corrected chi connectivity index (χ4v) is 7.97. The summed E-state index contributed by atoms with van der Waals surface area (Å²) in [5, 5.41) is 5.63. The van der Waals surface area contributed by atoms with Gasteiger partial charge in [0.2, 0.25) is 0 Å². The molecule has 0 saturated carbocycles. The van der Waals surface area contributed by atoms with E-state index in [0.29, 0.717) is 28.2 Å². The van der Waals surface area contributed by atoms with E-state index in [1.807, 2.05) is 12.3 Å². The molecule has 8 rings (SSSR count). The van der Waals surface area contributed by atoms with Crippen LogP contribution in [0.2, 0.25) is 5.15 Å². The minimum absolute atomic E-state index is 0.441. The van der Waals surface area contributed by atoms with E-state index in [4.69, 9.17) is 11.6 Å². The second kappa shape index (κ2) is 9.92. The highest BCUT2D eigenvalue weighted by Crippen LogP contribution is 2.33. The number of fused-ring (bicyclic) bond motifs is 7. The predicted molar refractivity (Wildman–Crippen MR) is 155 cm³/mol. The van der Waals surface area contributed by atoms with E-state index in [-0.39, 0.29) is 0 Å². The van der Waals surface area contributed by atoms with Gasteiger partial charge >= 0.3 is 0 Å². The van der Waals surface area contributed by atoms with Gasteiger partial charge in [0.25, 0.3) is 0 Å². The van der Waals surface area contributed by atoms with Gasteiger partial charge in [0.05, 0.1) is 28.8 Å². The first-order valence-corrected chi connectivity index (χ1v) is 15.8. The van der Waals surface area contributed by atoms with E-state index < -0.39 is 21.6 Å². The normalized spacial score (nSPS) is 19.3. The van der Waals surface area contributed by atoms with Crippen LogP contribution in [0.4, 0.5) is 11.5 Å². The Morgan fingerprint density at radius 1 is 0.846 bits per heavy atom. The quantitative estimate of drug-likeness (QED) is 0.270. The number of rotatable bonds is 2. The molecule has 13 heteroatoms. The number of halogens is 1. The molecule has 5 aromatic rings. The van der Waals surface area contributed by atoms with Gasteiger partial charge in [0, 0.05) is 56.4 Å². The van der Waals surface area contributed by atoms with Crippen LogP contribution in [0.1, 0.15) is 33.6 Å². The summed E-state index contributed by atoms with van der Waals surface area (Å²) in [7, 11) is -1.59. The Hall–Kier alpha value is -3.48. The van der Waals surface area contributed by atoms with E-state index in [9.17, 15) is 8.42 Å². The van der Waals surface area contributed by atoms with Gasteiger partial charge in [-0.15, -0.1) is 0 Å². The van der Waals surface area contributed by atoms with Crippen molar-refractivity contribution in [1.29, 1.82) is 0 Å². The zero-order valence-corrected chi connectivity index (χ0v) is 23.0. The number of aliphatic imine (C=N–C) groups is 1. The molecule has 3 aliphatic heterocycles. The molecular formula is C26H23ClN8O2S2. The van der Waals surface area contributed by atoms with E-state index in [0.717, 1.165) is 81.0 Å². The van der Waals surface area contributed by atoms with Crippen LogP contribution in [0.5, 0.6) is 0 Å². The Morgan fingerprint density at radius 2 is 1.51 bits per heavy atom. The molecule has 0 radical (unpaired) electrons. The molecule has 0 fully saturated rings. The molecule has 3 aliphatic rings. The van der Waals surface area contributed by atoms with Gasteiger partial charge in [-0.1, -0.05) is 17.7 Å². The molecule has 4 aromatic heterocycles. The third-order valence-corrected chi connectivity index (χ3v) is 10.0. The number of nitrogens with zero attached hydrogens (tertiary/aromatic N) is 5. The summed E-state index contributed by atoms with van der Waals surface area (Å²) in [5.41, 5.74) is 9.25. The van der Waals surface area contributed by atoms with Gasteiger partial charge in [0.15, 0.2) is 0 Å². The molecule has 0 saturated heterocycles. The summed E-state index contributed by atoms with van der Waals surface area (Å²) >= 11 is 6.01. The van der Waals surface area contributed by atoms with E-state index >= 15 is 0 Å². The Kier molecular flexibility index (Phi) is 6.25. The van der Waals surface area contributed by atoms with Crippen molar-refractivity contribution in [1.82, 2.24) is 29.9 Å². The largest absolute Gasteiger partial charge is 0.343 e. The number of aromatic amines is 2. The number of aryl methyl sites for hydroxylation is 2. The lowest BCUT2D eigenvalue weighted by Crippen LogP contribution is -2.12. The van der Waals surface area contributed by atoms with Crippen molar-refractivity contribution >= 4 is 73.0 Å². The first-order chi connectivity index (χ1) is 19.0. The molecule has 7 heterocycles. The smallest absolute Gasteiger partial charge is 0.143 e. The SMILES string of the molecule is O=S1CCc2[nH]c3ncnc(Cl)c3c2C1.O=S1CCc2[nH]c3ncnc(Nc4ccc5c(c4)C=NC5)c3c2C1. The highest BCUT2D eigenvalue weighted by molar-refractivity contribution is 7.84. The monoisotopic (exact) mass is 578 g/mol. The van der Waals surface area contributed by atoms with Gasteiger partial charge in [-0.25, -0.2) is 19.9 Å². The average molecular weight is 579 g/mol. The lowest BCUT2D eigenvalue weighted by atomic mass is 10.1. The van der Waals surface area contributed by atoms with Crippen LogP contribution in [-0.2, 0) is 52.5 Å². The van der Waals surface area contributed by atoms with Gasteiger partial charge in [-0.2, -0.15) is 0 Å². The van der Waals surface area contributed by atoms with Crippen LogP contribution in [-0.4, -0.2) is 56.0 Å². The number of nitrogens with one attached hydrogen (secondary N) is 3. The van der Waals surface area contributed by atoms with Crippen molar-refractivity contribution in [3.63, 3.8) is 0 Å². The van der Waals surface area contributed by atoms with Gasteiger partial charge in [-0.05, 0) is 47.2 Å². The average Bonchev–Trinajstić information content (AvgIpc) is 3.64. The van der Waals surface area contributed by atoms with E-state index in [2.05, 4.69) is 52.3 Å². The van der Waals surface area contributed by atoms with Crippen molar-refractivity contribution in [2.75, 3.05) is 16.8 Å². The predicted octanol–water partition coefficient (Wildman–Crippen LogP) is 3.85. The van der Waals surface area contributed by atoms with Crippen LogP contribution in [0.25, 0.3) is 22.1 Å². The van der Waals surface area contributed by atoms with Gasteiger partial charge in [0.1, 0.15) is 34.9 Å². The second-order valence-corrected chi connectivity index (χ2v) is 13.1. The minimum Gasteiger partial charge on any atom is -0.343 e. The number of H-pyrrole nitrogens is 2. The lowest BCUT2D eigenvalue weighted by molar-refractivity contribution is 0.678. The maximum absolute atomic E-state index is 12.0. The molecule has 39 heavy (non-hydrogen) atoms. The zero-order valence-electron chi connectivity index (χ0n) is 20.7. The fourth-order valence-electron chi connectivity index (χ4n) is 5.29. The Bertz CT molecular complexity index is 1850. The summed E-state index contributed by atoms with van der Waals surface area (Å²) in [4.78, 5) is 27.7. The van der Waals surface area contributed by atoms with Crippen LogP contribution in [0, 0.1) is 0 Å². The molecule has 2 atom stereocenters. The highest BCUT2D eigenvalue weighted by Gasteiger charge is 2.23. The number of hydrogen-bond donors (Lipinski definition) is 3. The van der Waals surface area contributed by atoms with Crippen molar-refractivity contribution in [3.8, 4) is 0 Å². The molecule has 0 aliphatic carbocycles. The summed E-state index contributed by atoms with van der Waals surface area (Å²) < 4.78 is 23.5. The fraction of sp³-hybridized carbons (Fsp3) is 0.269. The van der Waals surface area contributed by atoms with Crippen LogP contribution >= 0.6 is 11.6 Å². The number of aromatic nitrogens is 6. The molecule has 0 bridgehead atoms. The molecule has 10 nitrogen and oxygen atoms in total. The van der Waals surface area contributed by atoms with Gasteiger partial charge < -0.3 is 15.3 Å². The molecule has 1 aromatic carbocycles. The summed E-state index contributed by atoms with van der Waals surface area (Å²) in [5.74, 6) is 3.30. The number of hydrogen-bond acceptors (Lipinski definition) is 8. The molecule has 198 valence electrons. The zero-order chi connectivity index (χ0) is 26.5. The second-order valence-electron chi connectivity index (χ2n) is 9.58. The third kappa shape index (κ3) is 4.56. The van der Waals surface area contributed by atoms with Crippen molar-refractivity contribution in [3.05, 3.63) is 69.6 Å². The first-order valence-electron chi connectivity index (χ1n) is 12.5. The van der Waals surface area contributed by atoms with Crippen LogP contribution in [0.15, 0.2) is 35.8 Å². The Labute approximate surface area is 233 Å². The maximum atomic E-state index is 12.0. The van der Waals surface area contributed by atoms with E-state index in [1.54, 1.807) is 6.33 Å². The van der Waals surface area contributed by atoms with Crippen LogP contribution < -0.4 is 5.32 Å². The van der Waals surface area contributed by atoms with E-state index in [1.165, 1.54) is 11.9 Å². The molecular weight excluding hydrogens is 556 g/mol. The van der Waals surface area contributed by atoms with Crippen molar-refractivity contribution in [2.45, 2.75) is 30.9 Å². The highest BCUT2D eigenvalue weighted by atomic mass is 35.5. The number of benzene rings is 1. The maximum Gasteiger partial charge on any atom is 0.143 e. The lowest BCUT2D eigenvalue weighted by Gasteiger charge is -2.12. The molecule has 2 unspecified atom stereocenters. The van der Waals surface area contributed by atoms with Crippen molar-refractivity contribution < 1.29 is 8.42 Å². The Morgan fingerprint density at radius 3 is 2.26 bits per heavy atom. The van der Waals surface area contributed by atoms with Crippen LogP contribution in [0.3, 0.4) is 0 Å². The Balaban J connectivity index is 0.000000145. The standard InChI is InChI=1S/C17H15N5OS.C9H8ClN3OS/c23-24-4-3-14-13(8-24)15-16(19-9-20-17(15)22-14)21-12-2-1-10-6-18-7-11(10)5-12;10-8-7-5-3-15(14)2-1-6(5)13-9(7)12-4-11-8/h1-2,5,7,9H,3-4,6,8H2,(H2,19,20,21,22);4H,1-3H2,(H,11,12,13). The summed E-state index contributed by atoms with van der Waals surface area (Å²) in [6.45, 7) is 0.754. The first kappa shape index (κ1) is 24.6. The topological polar surface area (TPSA) is 142 Å². The molecule has 0 spiro atoms. The minimum atomic E-state index is -0.811. The van der Waals surface area contributed by atoms with Gasteiger partial charge in [-0.3, -0.25) is 13.4 Å².